The van der Waals surface area contributed by atoms with Crippen LogP contribution in [0, 0.1) is 0 Å². The van der Waals surface area contributed by atoms with Crippen molar-refractivity contribution in [1.82, 2.24) is 0 Å². The van der Waals surface area contributed by atoms with E-state index in [-0.39, 0.29) is 12.2 Å². The Balaban J connectivity index is 2.88. The average Bonchev–Trinajstić information content (AvgIpc) is 2.28. The third-order valence-electron chi connectivity index (χ3n) is 2.03. The number of anilines is 1. The number of carbonyl (C=O) groups is 1. The highest BCUT2D eigenvalue weighted by Gasteiger charge is 2.30. The predicted octanol–water partition coefficient (Wildman–Crippen LogP) is 1.56. The Labute approximate surface area is 95.7 Å². The summed E-state index contributed by atoms with van der Waals surface area (Å²) in [5.41, 5.74) is -0.736. The fraction of sp³-hybridized carbons (Fsp3) is 0.300. The number of hydrogen-bond donors (Lipinski definition) is 1. The Hall–Kier alpha value is -1.76. The molecule has 0 aliphatic carbocycles. The number of esters is 1. The van der Waals surface area contributed by atoms with Crippen molar-refractivity contribution < 1.29 is 22.7 Å². The molecule has 4 nitrogen and oxygen atoms in total. The van der Waals surface area contributed by atoms with Crippen molar-refractivity contribution in [2.24, 2.45) is 5.84 Å². The van der Waals surface area contributed by atoms with E-state index >= 15 is 0 Å². The molecule has 0 aliphatic rings. The number of halogens is 3. The SMILES string of the molecule is COC(=O)CN(N)c1cccc(C(F)(F)F)c1. The summed E-state index contributed by atoms with van der Waals surface area (Å²) < 4.78 is 41.6. The summed E-state index contributed by atoms with van der Waals surface area (Å²) in [6.45, 7) is -0.322. The third-order valence-corrected chi connectivity index (χ3v) is 2.03. The Morgan fingerprint density at radius 1 is 1.47 bits per heavy atom. The van der Waals surface area contributed by atoms with Crippen LogP contribution in [0.25, 0.3) is 0 Å². The molecule has 0 aliphatic heterocycles. The number of carbonyl (C=O) groups excluding carboxylic acids is 1. The van der Waals surface area contributed by atoms with Crippen LogP contribution in [0.5, 0.6) is 0 Å². The van der Waals surface area contributed by atoms with Crippen molar-refractivity contribution in [3.63, 3.8) is 0 Å². The zero-order chi connectivity index (χ0) is 13.1. The third kappa shape index (κ3) is 3.63. The maximum absolute atomic E-state index is 12.4. The van der Waals surface area contributed by atoms with Gasteiger partial charge in [-0.3, -0.25) is 9.80 Å². The summed E-state index contributed by atoms with van der Waals surface area (Å²) in [5.74, 6) is 4.81. The van der Waals surface area contributed by atoms with Crippen LogP contribution in [-0.2, 0) is 15.7 Å². The van der Waals surface area contributed by atoms with E-state index in [2.05, 4.69) is 4.74 Å². The standard InChI is InChI=1S/C10H11F3N2O2/c1-17-9(16)6-15(14)8-4-2-3-7(5-8)10(11,12)13/h2-5H,6,14H2,1H3. The van der Waals surface area contributed by atoms with E-state index in [0.717, 1.165) is 17.1 Å². The minimum Gasteiger partial charge on any atom is -0.468 e. The average molecular weight is 248 g/mol. The van der Waals surface area contributed by atoms with E-state index in [4.69, 9.17) is 5.84 Å². The summed E-state index contributed by atoms with van der Waals surface area (Å²) in [6, 6.07) is 4.38. The molecule has 1 aromatic carbocycles. The number of hydrazine groups is 1. The zero-order valence-corrected chi connectivity index (χ0v) is 8.99. The monoisotopic (exact) mass is 248 g/mol. The molecule has 17 heavy (non-hydrogen) atoms. The van der Waals surface area contributed by atoms with Crippen LogP contribution in [0.15, 0.2) is 24.3 Å². The highest BCUT2D eigenvalue weighted by molar-refractivity contribution is 5.75. The molecule has 0 radical (unpaired) electrons. The minimum atomic E-state index is -4.44. The molecule has 2 N–H and O–H groups in total. The molecule has 1 rings (SSSR count). The van der Waals surface area contributed by atoms with Gasteiger partial charge in [0.15, 0.2) is 0 Å². The zero-order valence-electron chi connectivity index (χ0n) is 8.99. The van der Waals surface area contributed by atoms with Crippen LogP contribution in [-0.4, -0.2) is 19.6 Å². The van der Waals surface area contributed by atoms with Crippen LogP contribution < -0.4 is 10.9 Å². The number of rotatable bonds is 3. The largest absolute Gasteiger partial charge is 0.468 e. The van der Waals surface area contributed by atoms with Gasteiger partial charge in [-0.05, 0) is 18.2 Å². The predicted molar refractivity (Wildman–Crippen MR) is 55.0 cm³/mol. The van der Waals surface area contributed by atoms with Crippen molar-refractivity contribution in [3.8, 4) is 0 Å². The minimum absolute atomic E-state index is 0.0882. The quantitative estimate of drug-likeness (QED) is 0.501. The Bertz CT molecular complexity index is 407. The smallest absolute Gasteiger partial charge is 0.416 e. The fourth-order valence-electron chi connectivity index (χ4n) is 1.16. The van der Waals surface area contributed by atoms with Gasteiger partial charge in [0, 0.05) is 0 Å². The summed E-state index contributed by atoms with van der Waals surface area (Å²) in [4.78, 5) is 10.9. The van der Waals surface area contributed by atoms with Gasteiger partial charge in [0.2, 0.25) is 0 Å². The van der Waals surface area contributed by atoms with E-state index in [0.29, 0.717) is 0 Å². The summed E-state index contributed by atoms with van der Waals surface area (Å²) >= 11 is 0. The lowest BCUT2D eigenvalue weighted by Gasteiger charge is -2.18. The number of methoxy groups -OCH3 is 1. The highest BCUT2D eigenvalue weighted by atomic mass is 19.4. The van der Waals surface area contributed by atoms with Gasteiger partial charge in [-0.25, -0.2) is 5.84 Å². The van der Waals surface area contributed by atoms with E-state index in [9.17, 15) is 18.0 Å². The fourth-order valence-corrected chi connectivity index (χ4v) is 1.16. The maximum atomic E-state index is 12.4. The van der Waals surface area contributed by atoms with Crippen molar-refractivity contribution in [2.45, 2.75) is 6.18 Å². The first-order chi connectivity index (χ1) is 7.84. The normalized spacial score (nSPS) is 11.1. The Morgan fingerprint density at radius 3 is 2.65 bits per heavy atom. The molecular weight excluding hydrogens is 237 g/mol. The molecule has 0 fully saturated rings. The summed E-state index contributed by atoms with van der Waals surface area (Å²) in [7, 11) is 1.17. The molecule has 0 aromatic heterocycles. The number of ether oxygens (including phenoxy) is 1. The first kappa shape index (κ1) is 13.3. The van der Waals surface area contributed by atoms with Crippen molar-refractivity contribution in [3.05, 3.63) is 29.8 Å². The molecule has 0 unspecified atom stereocenters. The molecule has 7 heteroatoms. The van der Waals surface area contributed by atoms with Gasteiger partial charge in [0.1, 0.15) is 6.54 Å². The maximum Gasteiger partial charge on any atom is 0.416 e. The van der Waals surface area contributed by atoms with Gasteiger partial charge < -0.3 is 4.74 Å². The van der Waals surface area contributed by atoms with Gasteiger partial charge in [0.05, 0.1) is 18.4 Å². The second-order valence-electron chi connectivity index (χ2n) is 3.25. The first-order valence-corrected chi connectivity index (χ1v) is 4.61. The molecular formula is C10H11F3N2O2. The first-order valence-electron chi connectivity index (χ1n) is 4.61. The van der Waals surface area contributed by atoms with Crippen LogP contribution in [0.3, 0.4) is 0 Å². The second kappa shape index (κ2) is 5.05. The van der Waals surface area contributed by atoms with Crippen LogP contribution in [0.4, 0.5) is 18.9 Å². The lowest BCUT2D eigenvalue weighted by Crippen LogP contribution is -2.36. The van der Waals surface area contributed by atoms with Crippen molar-refractivity contribution >= 4 is 11.7 Å². The number of hydrogen-bond acceptors (Lipinski definition) is 4. The number of nitrogens with two attached hydrogens (primary N) is 1. The van der Waals surface area contributed by atoms with E-state index in [1.807, 2.05) is 0 Å². The molecule has 0 saturated carbocycles. The molecule has 0 bridgehead atoms. The highest BCUT2D eigenvalue weighted by Crippen LogP contribution is 2.31. The number of alkyl halides is 3. The lowest BCUT2D eigenvalue weighted by molar-refractivity contribution is -0.139. The number of nitrogens with zero attached hydrogens (tertiary/aromatic N) is 1. The Kier molecular flexibility index (Phi) is 3.95. The molecule has 0 saturated heterocycles. The molecule has 0 atom stereocenters. The van der Waals surface area contributed by atoms with Gasteiger partial charge in [-0.15, -0.1) is 0 Å². The van der Waals surface area contributed by atoms with Crippen molar-refractivity contribution in [2.75, 3.05) is 18.7 Å². The van der Waals surface area contributed by atoms with Gasteiger partial charge in [-0.1, -0.05) is 6.07 Å². The topological polar surface area (TPSA) is 55.6 Å². The lowest BCUT2D eigenvalue weighted by atomic mass is 10.2. The Morgan fingerprint density at radius 2 is 2.12 bits per heavy atom. The van der Waals surface area contributed by atoms with E-state index in [1.54, 1.807) is 0 Å². The van der Waals surface area contributed by atoms with Crippen LogP contribution in [0.1, 0.15) is 5.56 Å². The second-order valence-corrected chi connectivity index (χ2v) is 3.25. The van der Waals surface area contributed by atoms with E-state index < -0.39 is 17.7 Å². The van der Waals surface area contributed by atoms with Gasteiger partial charge in [-0.2, -0.15) is 13.2 Å². The molecule has 94 valence electrons. The van der Waals surface area contributed by atoms with Crippen LogP contribution in [0.2, 0.25) is 0 Å². The molecule has 0 heterocycles. The van der Waals surface area contributed by atoms with Crippen molar-refractivity contribution in [1.29, 1.82) is 0 Å². The van der Waals surface area contributed by atoms with Gasteiger partial charge in [0.25, 0.3) is 0 Å². The van der Waals surface area contributed by atoms with E-state index in [1.165, 1.54) is 19.2 Å². The summed E-state index contributed by atoms with van der Waals surface area (Å²) in [5, 5.41) is 0.890. The molecule has 0 amide bonds. The van der Waals surface area contributed by atoms with Gasteiger partial charge >= 0.3 is 12.1 Å². The van der Waals surface area contributed by atoms with Crippen LogP contribution >= 0.6 is 0 Å². The number of benzene rings is 1. The molecule has 1 aromatic rings. The molecule has 0 spiro atoms. The summed E-state index contributed by atoms with van der Waals surface area (Å²) in [6.07, 6.45) is -4.44.